The minimum atomic E-state index is 0.334. The molecule has 0 unspecified atom stereocenters. The van der Waals surface area contributed by atoms with E-state index in [1.807, 2.05) is 27.0 Å². The van der Waals surface area contributed by atoms with E-state index in [0.717, 1.165) is 24.1 Å². The lowest BCUT2D eigenvalue weighted by Gasteiger charge is -2.00. The van der Waals surface area contributed by atoms with Gasteiger partial charge < -0.3 is 4.57 Å². The molecule has 2 nitrogen and oxygen atoms in total. The molecule has 2 rings (SSSR count). The molecule has 1 aliphatic carbocycles. The summed E-state index contributed by atoms with van der Waals surface area (Å²) in [6.07, 6.45) is 2.18. The summed E-state index contributed by atoms with van der Waals surface area (Å²) in [7, 11) is 2.01. The first-order chi connectivity index (χ1) is 6.11. The van der Waals surface area contributed by atoms with Crippen molar-refractivity contribution >= 4 is 5.78 Å². The summed E-state index contributed by atoms with van der Waals surface area (Å²) in [5.74, 6) is 0.682. The van der Waals surface area contributed by atoms with Crippen LogP contribution < -0.4 is 0 Å². The maximum absolute atomic E-state index is 11.8. The molecule has 0 amide bonds. The van der Waals surface area contributed by atoms with Gasteiger partial charge in [0.25, 0.3) is 0 Å². The van der Waals surface area contributed by atoms with E-state index in [2.05, 4.69) is 4.57 Å². The lowest BCUT2D eigenvalue weighted by atomic mass is 10.1. The van der Waals surface area contributed by atoms with Crippen LogP contribution in [0, 0.1) is 19.8 Å². The maximum atomic E-state index is 11.8. The average molecular weight is 177 g/mol. The summed E-state index contributed by atoms with van der Waals surface area (Å²) in [5, 5.41) is 0. The number of hydrogen-bond donors (Lipinski definition) is 0. The molecule has 1 heterocycles. The topological polar surface area (TPSA) is 22.0 Å². The summed E-state index contributed by atoms with van der Waals surface area (Å²) in [4.78, 5) is 11.8. The SMILES string of the molecule is Cc1cc(C(=O)C2CC2)c(C)n1C. The number of carbonyl (C=O) groups is 1. The van der Waals surface area contributed by atoms with Crippen LogP contribution in [0.15, 0.2) is 6.07 Å². The second-order valence-corrected chi connectivity index (χ2v) is 3.98. The molecule has 0 aliphatic heterocycles. The van der Waals surface area contributed by atoms with Gasteiger partial charge in [-0.25, -0.2) is 0 Å². The molecule has 0 spiro atoms. The van der Waals surface area contributed by atoms with Crippen LogP contribution in [0.1, 0.15) is 34.6 Å². The minimum Gasteiger partial charge on any atom is -0.351 e. The highest BCUT2D eigenvalue weighted by molar-refractivity contribution is 6.00. The van der Waals surface area contributed by atoms with Crippen LogP contribution >= 0.6 is 0 Å². The summed E-state index contributed by atoms with van der Waals surface area (Å²) in [6, 6.07) is 2.01. The zero-order valence-corrected chi connectivity index (χ0v) is 8.42. The molecule has 1 aromatic heterocycles. The van der Waals surface area contributed by atoms with Crippen LogP contribution in [0.4, 0.5) is 0 Å². The molecule has 70 valence electrons. The Bertz CT molecular complexity index is 358. The predicted molar refractivity (Wildman–Crippen MR) is 51.9 cm³/mol. The van der Waals surface area contributed by atoms with Gasteiger partial charge in [-0.1, -0.05) is 0 Å². The Kier molecular flexibility index (Phi) is 1.79. The van der Waals surface area contributed by atoms with Gasteiger partial charge in [0, 0.05) is 29.9 Å². The van der Waals surface area contributed by atoms with Gasteiger partial charge >= 0.3 is 0 Å². The fraction of sp³-hybridized carbons (Fsp3) is 0.545. The van der Waals surface area contributed by atoms with Crippen molar-refractivity contribution in [2.75, 3.05) is 0 Å². The molecule has 1 aromatic rings. The fourth-order valence-corrected chi connectivity index (χ4v) is 1.67. The smallest absolute Gasteiger partial charge is 0.167 e. The first-order valence-corrected chi connectivity index (χ1v) is 4.78. The zero-order chi connectivity index (χ0) is 9.59. The van der Waals surface area contributed by atoms with Crippen molar-refractivity contribution in [3.8, 4) is 0 Å². The number of nitrogens with zero attached hydrogens (tertiary/aromatic N) is 1. The van der Waals surface area contributed by atoms with Gasteiger partial charge in [-0.15, -0.1) is 0 Å². The first kappa shape index (κ1) is 8.54. The molecule has 2 heteroatoms. The summed E-state index contributed by atoms with van der Waals surface area (Å²) in [6.45, 7) is 4.05. The first-order valence-electron chi connectivity index (χ1n) is 4.78. The number of hydrogen-bond acceptors (Lipinski definition) is 1. The second kappa shape index (κ2) is 2.72. The van der Waals surface area contributed by atoms with Crippen LogP contribution in [0.25, 0.3) is 0 Å². The Labute approximate surface area is 78.6 Å². The quantitative estimate of drug-likeness (QED) is 0.635. The number of carbonyl (C=O) groups excluding carboxylic acids is 1. The molecular weight excluding hydrogens is 162 g/mol. The average Bonchev–Trinajstić information content (AvgIpc) is 2.89. The van der Waals surface area contributed by atoms with Gasteiger partial charge in [-0.3, -0.25) is 4.79 Å². The van der Waals surface area contributed by atoms with E-state index in [-0.39, 0.29) is 0 Å². The number of aryl methyl sites for hydroxylation is 1. The van der Waals surface area contributed by atoms with Gasteiger partial charge in [0.05, 0.1) is 0 Å². The van der Waals surface area contributed by atoms with Crippen molar-refractivity contribution in [2.45, 2.75) is 26.7 Å². The summed E-state index contributed by atoms with van der Waals surface area (Å²) in [5.41, 5.74) is 3.21. The van der Waals surface area contributed by atoms with Crippen molar-refractivity contribution in [3.63, 3.8) is 0 Å². The van der Waals surface area contributed by atoms with Crippen LogP contribution in [0.3, 0.4) is 0 Å². The Hall–Kier alpha value is -1.05. The van der Waals surface area contributed by atoms with E-state index < -0.39 is 0 Å². The number of rotatable bonds is 2. The summed E-state index contributed by atoms with van der Waals surface area (Å²) >= 11 is 0. The summed E-state index contributed by atoms with van der Waals surface area (Å²) < 4.78 is 2.08. The molecule has 1 fully saturated rings. The van der Waals surface area contributed by atoms with Gasteiger partial charge in [0.2, 0.25) is 0 Å². The van der Waals surface area contributed by atoms with Crippen LogP contribution in [-0.4, -0.2) is 10.4 Å². The minimum absolute atomic E-state index is 0.334. The Morgan fingerprint density at radius 1 is 1.46 bits per heavy atom. The fourth-order valence-electron chi connectivity index (χ4n) is 1.67. The second-order valence-electron chi connectivity index (χ2n) is 3.98. The highest BCUT2D eigenvalue weighted by atomic mass is 16.1. The molecule has 0 bridgehead atoms. The molecule has 0 aromatic carbocycles. The molecule has 1 saturated carbocycles. The van der Waals surface area contributed by atoms with E-state index in [4.69, 9.17) is 0 Å². The van der Waals surface area contributed by atoms with Crippen LogP contribution in [0.2, 0.25) is 0 Å². The molecule has 0 radical (unpaired) electrons. The van der Waals surface area contributed by atoms with Crippen molar-refractivity contribution in [1.29, 1.82) is 0 Å². The monoisotopic (exact) mass is 177 g/mol. The number of ketones is 1. The standard InChI is InChI=1S/C11H15NO/c1-7-6-10(8(2)12(7)3)11(13)9-4-5-9/h6,9H,4-5H2,1-3H3. The zero-order valence-electron chi connectivity index (χ0n) is 8.42. The molecule has 0 saturated heterocycles. The molecular formula is C11H15NO. The van der Waals surface area contributed by atoms with E-state index in [0.29, 0.717) is 11.7 Å². The van der Waals surface area contributed by atoms with Gasteiger partial charge in [0.1, 0.15) is 0 Å². The van der Waals surface area contributed by atoms with E-state index in [1.165, 1.54) is 5.69 Å². The highest BCUT2D eigenvalue weighted by Crippen LogP contribution is 2.33. The number of Topliss-reactive ketones (excluding diaryl/α,β-unsaturated/α-hetero) is 1. The molecule has 1 aliphatic rings. The molecule has 0 N–H and O–H groups in total. The third kappa shape index (κ3) is 1.30. The molecule has 13 heavy (non-hydrogen) atoms. The molecule has 0 atom stereocenters. The van der Waals surface area contributed by atoms with Crippen molar-refractivity contribution < 1.29 is 4.79 Å². The largest absolute Gasteiger partial charge is 0.351 e. The van der Waals surface area contributed by atoms with Crippen molar-refractivity contribution in [2.24, 2.45) is 13.0 Å². The lowest BCUT2D eigenvalue weighted by Crippen LogP contribution is -2.03. The van der Waals surface area contributed by atoms with Crippen LogP contribution in [0.5, 0.6) is 0 Å². The van der Waals surface area contributed by atoms with E-state index >= 15 is 0 Å². The lowest BCUT2D eigenvalue weighted by molar-refractivity contribution is 0.0967. The predicted octanol–water partition coefficient (Wildman–Crippen LogP) is 2.23. The Morgan fingerprint density at radius 3 is 2.46 bits per heavy atom. The van der Waals surface area contributed by atoms with E-state index in [1.54, 1.807) is 0 Å². The van der Waals surface area contributed by atoms with Gasteiger partial charge in [-0.05, 0) is 32.8 Å². The number of aromatic nitrogens is 1. The van der Waals surface area contributed by atoms with Crippen LogP contribution in [-0.2, 0) is 7.05 Å². The highest BCUT2D eigenvalue weighted by Gasteiger charge is 2.32. The third-order valence-corrected chi connectivity index (χ3v) is 2.99. The van der Waals surface area contributed by atoms with Crippen molar-refractivity contribution in [1.82, 2.24) is 4.57 Å². The normalized spacial score (nSPS) is 16.2. The third-order valence-electron chi connectivity index (χ3n) is 2.99. The maximum Gasteiger partial charge on any atom is 0.167 e. The van der Waals surface area contributed by atoms with E-state index in [9.17, 15) is 4.79 Å². The Balaban J connectivity index is 2.39. The van der Waals surface area contributed by atoms with Crippen molar-refractivity contribution in [3.05, 3.63) is 23.0 Å². The van der Waals surface area contributed by atoms with Gasteiger partial charge in [-0.2, -0.15) is 0 Å². The Morgan fingerprint density at radius 2 is 2.08 bits per heavy atom. The van der Waals surface area contributed by atoms with Gasteiger partial charge in [0.15, 0.2) is 5.78 Å².